The maximum Gasteiger partial charge on any atom is 0.231 e. The van der Waals surface area contributed by atoms with Gasteiger partial charge < -0.3 is 14.8 Å². The van der Waals surface area contributed by atoms with Crippen LogP contribution in [0.4, 0.5) is 0 Å². The highest BCUT2D eigenvalue weighted by Crippen LogP contribution is 2.35. The normalized spacial score (nSPS) is 17.2. The van der Waals surface area contributed by atoms with Crippen molar-refractivity contribution in [2.75, 3.05) is 6.79 Å². The first kappa shape index (κ1) is 15.5. The van der Waals surface area contributed by atoms with Gasteiger partial charge in [0.1, 0.15) is 0 Å². The topological polar surface area (TPSA) is 30.5 Å². The molecule has 4 rings (SSSR count). The standard InChI is InChI=1S/C21H25NO2/c1-2-7-17(8-3-1)18-9-4-6-16(12-18)13-22-14-19-10-5-11-20-21(19)24-15-23-20/h4-6,9-12,17,22H,1-3,7-8,13-15H2. The monoisotopic (exact) mass is 323 g/mol. The molecule has 3 heteroatoms. The van der Waals surface area contributed by atoms with E-state index in [1.54, 1.807) is 0 Å². The maximum atomic E-state index is 5.57. The second kappa shape index (κ2) is 7.27. The second-order valence-corrected chi connectivity index (χ2v) is 6.83. The third kappa shape index (κ3) is 3.41. The summed E-state index contributed by atoms with van der Waals surface area (Å²) in [4.78, 5) is 0. The van der Waals surface area contributed by atoms with Gasteiger partial charge in [0, 0.05) is 18.7 Å². The Bertz CT molecular complexity index is 692. The minimum absolute atomic E-state index is 0.329. The Hall–Kier alpha value is -2.00. The Morgan fingerprint density at radius 3 is 2.71 bits per heavy atom. The van der Waals surface area contributed by atoms with Crippen LogP contribution >= 0.6 is 0 Å². The molecule has 1 aliphatic carbocycles. The molecule has 2 aliphatic rings. The molecule has 1 saturated carbocycles. The van der Waals surface area contributed by atoms with Crippen molar-refractivity contribution >= 4 is 0 Å². The first-order valence-electron chi connectivity index (χ1n) is 9.07. The highest BCUT2D eigenvalue weighted by molar-refractivity contribution is 5.48. The van der Waals surface area contributed by atoms with Gasteiger partial charge in [-0.25, -0.2) is 0 Å². The van der Waals surface area contributed by atoms with E-state index in [0.29, 0.717) is 6.79 Å². The highest BCUT2D eigenvalue weighted by atomic mass is 16.7. The molecular weight excluding hydrogens is 298 g/mol. The van der Waals surface area contributed by atoms with Crippen molar-refractivity contribution in [2.24, 2.45) is 0 Å². The van der Waals surface area contributed by atoms with Crippen LogP contribution in [0.3, 0.4) is 0 Å². The van der Waals surface area contributed by atoms with Crippen molar-refractivity contribution in [3.8, 4) is 11.5 Å². The predicted molar refractivity (Wildman–Crippen MR) is 95.4 cm³/mol. The van der Waals surface area contributed by atoms with E-state index in [1.165, 1.54) is 43.2 Å². The van der Waals surface area contributed by atoms with Crippen molar-refractivity contribution in [3.05, 3.63) is 59.2 Å². The third-order valence-electron chi connectivity index (χ3n) is 5.15. The summed E-state index contributed by atoms with van der Waals surface area (Å²) in [5.74, 6) is 2.51. The Kier molecular flexibility index (Phi) is 4.70. The summed E-state index contributed by atoms with van der Waals surface area (Å²) in [6, 6.07) is 15.2. The van der Waals surface area contributed by atoms with Crippen molar-refractivity contribution in [1.82, 2.24) is 5.32 Å². The van der Waals surface area contributed by atoms with E-state index < -0.39 is 0 Å². The summed E-state index contributed by atoms with van der Waals surface area (Å²) in [6.07, 6.45) is 6.88. The summed E-state index contributed by atoms with van der Waals surface area (Å²) in [6.45, 7) is 2.00. The SMILES string of the molecule is c1cc(CNCc2cccc3c2OCO3)cc(C2CCCCC2)c1. The van der Waals surface area contributed by atoms with Crippen LogP contribution in [0.1, 0.15) is 54.7 Å². The maximum absolute atomic E-state index is 5.57. The Morgan fingerprint density at radius 1 is 0.917 bits per heavy atom. The number of benzene rings is 2. The van der Waals surface area contributed by atoms with Crippen LogP contribution in [0.2, 0.25) is 0 Å². The molecule has 1 N–H and O–H groups in total. The Morgan fingerprint density at radius 2 is 1.79 bits per heavy atom. The fourth-order valence-corrected chi connectivity index (χ4v) is 3.86. The van der Waals surface area contributed by atoms with Gasteiger partial charge in [0.2, 0.25) is 6.79 Å². The molecule has 0 aromatic heterocycles. The van der Waals surface area contributed by atoms with Crippen LogP contribution in [-0.4, -0.2) is 6.79 Å². The van der Waals surface area contributed by atoms with Crippen LogP contribution in [0, 0.1) is 0 Å². The number of fused-ring (bicyclic) bond motifs is 1. The van der Waals surface area contributed by atoms with E-state index in [4.69, 9.17) is 9.47 Å². The average Bonchev–Trinajstić information content (AvgIpc) is 3.12. The molecule has 0 saturated heterocycles. The number of hydrogen-bond acceptors (Lipinski definition) is 3. The number of nitrogens with one attached hydrogen (secondary N) is 1. The van der Waals surface area contributed by atoms with Gasteiger partial charge in [0.05, 0.1) is 0 Å². The largest absolute Gasteiger partial charge is 0.454 e. The summed E-state index contributed by atoms with van der Waals surface area (Å²) < 4.78 is 11.0. The first-order chi connectivity index (χ1) is 11.9. The summed E-state index contributed by atoms with van der Waals surface area (Å²) in [7, 11) is 0. The molecule has 126 valence electrons. The van der Waals surface area contributed by atoms with E-state index >= 15 is 0 Å². The van der Waals surface area contributed by atoms with Gasteiger partial charge in [-0.1, -0.05) is 55.7 Å². The van der Waals surface area contributed by atoms with Crippen LogP contribution in [-0.2, 0) is 13.1 Å². The van der Waals surface area contributed by atoms with Gasteiger partial charge in [-0.3, -0.25) is 0 Å². The first-order valence-corrected chi connectivity index (χ1v) is 9.07. The molecule has 0 amide bonds. The van der Waals surface area contributed by atoms with E-state index in [-0.39, 0.29) is 0 Å². The molecule has 2 aromatic rings. The molecule has 1 heterocycles. The quantitative estimate of drug-likeness (QED) is 0.861. The van der Waals surface area contributed by atoms with E-state index in [2.05, 4.69) is 35.6 Å². The molecule has 3 nitrogen and oxygen atoms in total. The van der Waals surface area contributed by atoms with Gasteiger partial charge in [-0.15, -0.1) is 0 Å². The minimum Gasteiger partial charge on any atom is -0.454 e. The number of ether oxygens (including phenoxy) is 2. The van der Waals surface area contributed by atoms with E-state index in [1.807, 2.05) is 12.1 Å². The van der Waals surface area contributed by atoms with Crippen molar-refractivity contribution in [2.45, 2.75) is 51.1 Å². The molecule has 2 aromatic carbocycles. The average molecular weight is 323 g/mol. The summed E-state index contributed by atoms with van der Waals surface area (Å²) in [5.41, 5.74) is 4.04. The molecule has 0 radical (unpaired) electrons. The van der Waals surface area contributed by atoms with Gasteiger partial charge >= 0.3 is 0 Å². The molecule has 1 aliphatic heterocycles. The van der Waals surface area contributed by atoms with Gasteiger partial charge in [-0.05, 0) is 36.0 Å². The van der Waals surface area contributed by atoms with Crippen molar-refractivity contribution < 1.29 is 9.47 Å². The fraction of sp³-hybridized carbons (Fsp3) is 0.429. The minimum atomic E-state index is 0.329. The zero-order valence-corrected chi connectivity index (χ0v) is 14.1. The van der Waals surface area contributed by atoms with Crippen LogP contribution < -0.4 is 14.8 Å². The lowest BCUT2D eigenvalue weighted by molar-refractivity contribution is 0.173. The van der Waals surface area contributed by atoms with Crippen LogP contribution in [0.25, 0.3) is 0 Å². The zero-order valence-electron chi connectivity index (χ0n) is 14.1. The third-order valence-corrected chi connectivity index (χ3v) is 5.15. The molecule has 24 heavy (non-hydrogen) atoms. The van der Waals surface area contributed by atoms with Crippen LogP contribution in [0.15, 0.2) is 42.5 Å². The molecule has 0 unspecified atom stereocenters. The lowest BCUT2D eigenvalue weighted by atomic mass is 9.83. The van der Waals surface area contributed by atoms with E-state index in [9.17, 15) is 0 Å². The molecule has 0 atom stereocenters. The molecule has 1 fully saturated rings. The molecule has 0 spiro atoms. The number of rotatable bonds is 5. The summed E-state index contributed by atoms with van der Waals surface area (Å²) in [5, 5.41) is 3.54. The van der Waals surface area contributed by atoms with Gasteiger partial charge in [-0.2, -0.15) is 0 Å². The lowest BCUT2D eigenvalue weighted by Gasteiger charge is -2.22. The van der Waals surface area contributed by atoms with Crippen LogP contribution in [0.5, 0.6) is 11.5 Å². The number of para-hydroxylation sites is 1. The molecule has 0 bridgehead atoms. The van der Waals surface area contributed by atoms with Gasteiger partial charge in [0.15, 0.2) is 11.5 Å². The fourth-order valence-electron chi connectivity index (χ4n) is 3.86. The smallest absolute Gasteiger partial charge is 0.231 e. The second-order valence-electron chi connectivity index (χ2n) is 6.83. The van der Waals surface area contributed by atoms with Gasteiger partial charge in [0.25, 0.3) is 0 Å². The van der Waals surface area contributed by atoms with Crippen molar-refractivity contribution in [1.29, 1.82) is 0 Å². The van der Waals surface area contributed by atoms with E-state index in [0.717, 1.165) is 36.1 Å². The lowest BCUT2D eigenvalue weighted by Crippen LogP contribution is -2.13. The van der Waals surface area contributed by atoms with Crippen molar-refractivity contribution in [3.63, 3.8) is 0 Å². The number of hydrogen-bond donors (Lipinski definition) is 1. The predicted octanol–water partition coefficient (Wildman–Crippen LogP) is 4.75. The highest BCUT2D eigenvalue weighted by Gasteiger charge is 2.17. The molecular formula is C21H25NO2. The summed E-state index contributed by atoms with van der Waals surface area (Å²) >= 11 is 0. The zero-order chi connectivity index (χ0) is 16.2. The Balaban J connectivity index is 1.37. The Labute approximate surface area is 144 Å².